The van der Waals surface area contributed by atoms with Crippen LogP contribution in [0.3, 0.4) is 0 Å². The molecule has 3 aromatic rings. The molecule has 0 atom stereocenters. The number of amides is 2. The van der Waals surface area contributed by atoms with Crippen LogP contribution in [0.15, 0.2) is 83.0 Å². The van der Waals surface area contributed by atoms with Crippen molar-refractivity contribution in [1.82, 2.24) is 5.32 Å². The molecule has 1 N–H and O–H groups in total. The first-order valence-electron chi connectivity index (χ1n) is 9.57. The first-order chi connectivity index (χ1) is 15.0. The summed E-state index contributed by atoms with van der Waals surface area (Å²) in [5.41, 5.74) is 2.27. The second-order valence-corrected chi connectivity index (χ2v) is 8.19. The lowest BCUT2D eigenvalue weighted by molar-refractivity contribution is -0.123. The molecule has 156 valence electrons. The number of halogens is 2. The van der Waals surface area contributed by atoms with Gasteiger partial charge in [-0.05, 0) is 47.5 Å². The van der Waals surface area contributed by atoms with Gasteiger partial charge in [-0.1, -0.05) is 70.0 Å². The fourth-order valence-corrected chi connectivity index (χ4v) is 3.68. The number of rotatable bonds is 5. The Morgan fingerprint density at radius 2 is 1.74 bits per heavy atom. The van der Waals surface area contributed by atoms with Crippen LogP contribution in [0, 0.1) is 0 Å². The largest absolute Gasteiger partial charge is 0.449 e. The maximum atomic E-state index is 13.2. The highest BCUT2D eigenvalue weighted by Crippen LogP contribution is 2.35. The number of nitrogens with one attached hydrogen (secondary N) is 1. The van der Waals surface area contributed by atoms with Gasteiger partial charge in [-0.3, -0.25) is 14.5 Å². The van der Waals surface area contributed by atoms with Crippen LogP contribution in [0.5, 0.6) is 5.75 Å². The van der Waals surface area contributed by atoms with E-state index >= 15 is 0 Å². The molecule has 0 aromatic heterocycles. The summed E-state index contributed by atoms with van der Waals surface area (Å²) >= 11 is 9.38. The molecule has 0 aliphatic carbocycles. The Hall–Kier alpha value is -3.09. The molecule has 0 spiro atoms. The summed E-state index contributed by atoms with van der Waals surface area (Å²) < 4.78 is 6.70. The second-order valence-electron chi connectivity index (χ2n) is 6.89. The van der Waals surface area contributed by atoms with Crippen LogP contribution in [-0.4, -0.2) is 18.4 Å². The summed E-state index contributed by atoms with van der Waals surface area (Å²) in [6.07, 6.45) is 1.67. The summed E-state index contributed by atoms with van der Waals surface area (Å²) in [7, 11) is 0. The Labute approximate surface area is 193 Å². The summed E-state index contributed by atoms with van der Waals surface area (Å²) in [5, 5.41) is 3.48. The quantitative estimate of drug-likeness (QED) is 0.494. The molecule has 2 amide bonds. The first-order valence-corrected chi connectivity index (χ1v) is 10.7. The lowest BCUT2D eigenvalue weighted by Crippen LogP contribution is -2.44. The maximum Gasteiger partial charge on any atom is 0.294 e. The molecule has 0 radical (unpaired) electrons. The molecule has 1 aliphatic heterocycles. The molecule has 4 rings (SSSR count). The standard InChI is InChI=1S/C24H18BrClN2O3/c25-19-6-2-1-5-17(19)13-22-24(30)28(20-7-3-4-8-21(20)31-22)15-23(29)27-14-16-9-11-18(26)12-10-16/h1-13H,14-15H2,(H,27,29). The number of hydrogen-bond acceptors (Lipinski definition) is 3. The van der Waals surface area contributed by atoms with E-state index in [4.69, 9.17) is 16.3 Å². The van der Waals surface area contributed by atoms with Gasteiger partial charge in [0.1, 0.15) is 6.54 Å². The lowest BCUT2D eigenvalue weighted by Gasteiger charge is -2.30. The molecule has 0 fully saturated rings. The monoisotopic (exact) mass is 496 g/mol. The minimum Gasteiger partial charge on any atom is -0.449 e. The number of ether oxygens (including phenoxy) is 1. The summed E-state index contributed by atoms with van der Waals surface area (Å²) in [6, 6.07) is 21.9. The fraction of sp³-hybridized carbons (Fsp3) is 0.0833. The molecular formula is C24H18BrClN2O3. The minimum atomic E-state index is -0.379. The molecule has 1 aliphatic rings. The number of anilines is 1. The highest BCUT2D eigenvalue weighted by Gasteiger charge is 2.31. The summed E-state index contributed by atoms with van der Waals surface area (Å²) in [4.78, 5) is 27.2. The summed E-state index contributed by atoms with van der Waals surface area (Å²) in [5.74, 6) is 0.0124. The van der Waals surface area contributed by atoms with Crippen molar-refractivity contribution in [2.45, 2.75) is 6.54 Å². The van der Waals surface area contributed by atoms with Gasteiger partial charge < -0.3 is 10.1 Å². The third-order valence-corrected chi connectivity index (χ3v) is 5.70. The van der Waals surface area contributed by atoms with Gasteiger partial charge in [-0.25, -0.2) is 0 Å². The van der Waals surface area contributed by atoms with E-state index in [1.807, 2.05) is 42.5 Å². The lowest BCUT2D eigenvalue weighted by atomic mass is 10.1. The zero-order chi connectivity index (χ0) is 21.8. The van der Waals surface area contributed by atoms with Gasteiger partial charge in [0.2, 0.25) is 5.91 Å². The van der Waals surface area contributed by atoms with Crippen LogP contribution in [0.1, 0.15) is 11.1 Å². The smallest absolute Gasteiger partial charge is 0.294 e. The highest BCUT2D eigenvalue weighted by molar-refractivity contribution is 9.10. The molecule has 0 saturated carbocycles. The topological polar surface area (TPSA) is 58.6 Å². The van der Waals surface area contributed by atoms with Crippen molar-refractivity contribution in [1.29, 1.82) is 0 Å². The van der Waals surface area contributed by atoms with Gasteiger partial charge in [0.25, 0.3) is 5.91 Å². The van der Waals surface area contributed by atoms with Crippen molar-refractivity contribution in [3.63, 3.8) is 0 Å². The zero-order valence-corrected chi connectivity index (χ0v) is 18.7. The number of hydrogen-bond donors (Lipinski definition) is 1. The third-order valence-electron chi connectivity index (χ3n) is 4.73. The molecule has 5 nitrogen and oxygen atoms in total. The molecule has 31 heavy (non-hydrogen) atoms. The van der Waals surface area contributed by atoms with Gasteiger partial charge >= 0.3 is 0 Å². The Morgan fingerprint density at radius 3 is 2.52 bits per heavy atom. The molecule has 1 heterocycles. The predicted octanol–water partition coefficient (Wildman–Crippen LogP) is 5.19. The SMILES string of the molecule is O=C(CN1C(=O)C(=Cc2ccccc2Br)Oc2ccccc21)NCc1ccc(Cl)cc1. The number of benzene rings is 3. The highest BCUT2D eigenvalue weighted by atomic mass is 79.9. The second kappa shape index (κ2) is 9.37. The van der Waals surface area contributed by atoms with Crippen molar-refractivity contribution >= 4 is 51.1 Å². The third kappa shape index (κ3) is 4.98. The average Bonchev–Trinajstić information content (AvgIpc) is 2.77. The van der Waals surface area contributed by atoms with E-state index in [0.717, 1.165) is 15.6 Å². The van der Waals surface area contributed by atoms with Gasteiger partial charge in [0.15, 0.2) is 11.5 Å². The van der Waals surface area contributed by atoms with Crippen LogP contribution < -0.4 is 15.0 Å². The van der Waals surface area contributed by atoms with Gasteiger partial charge in [-0.2, -0.15) is 0 Å². The van der Waals surface area contributed by atoms with E-state index in [9.17, 15) is 9.59 Å². The number of carbonyl (C=O) groups excluding carboxylic acids is 2. The Balaban J connectivity index is 1.55. The number of carbonyl (C=O) groups is 2. The van der Waals surface area contributed by atoms with Crippen LogP contribution in [0.25, 0.3) is 6.08 Å². The first kappa shape index (κ1) is 21.2. The number of nitrogens with zero attached hydrogens (tertiary/aromatic N) is 1. The summed E-state index contributed by atoms with van der Waals surface area (Å²) in [6.45, 7) is 0.218. The van der Waals surface area contributed by atoms with Crippen LogP contribution in [0.4, 0.5) is 5.69 Å². The number of para-hydroxylation sites is 2. The van der Waals surface area contributed by atoms with Gasteiger partial charge in [-0.15, -0.1) is 0 Å². The average molecular weight is 498 g/mol. The Bertz CT molecular complexity index is 1160. The Kier molecular flexibility index (Phi) is 6.39. The number of fused-ring (bicyclic) bond motifs is 1. The zero-order valence-electron chi connectivity index (χ0n) is 16.3. The fourth-order valence-electron chi connectivity index (χ4n) is 3.15. The molecule has 0 bridgehead atoms. The maximum absolute atomic E-state index is 13.2. The van der Waals surface area contributed by atoms with Crippen molar-refractivity contribution in [3.8, 4) is 5.75 Å². The minimum absolute atomic E-state index is 0.125. The predicted molar refractivity (Wildman–Crippen MR) is 125 cm³/mol. The molecular weight excluding hydrogens is 480 g/mol. The van der Waals surface area contributed by atoms with E-state index in [2.05, 4.69) is 21.2 Å². The van der Waals surface area contributed by atoms with Crippen molar-refractivity contribution in [2.24, 2.45) is 0 Å². The van der Waals surface area contributed by atoms with Crippen LogP contribution in [0.2, 0.25) is 5.02 Å². The van der Waals surface area contributed by atoms with Crippen LogP contribution in [-0.2, 0) is 16.1 Å². The van der Waals surface area contributed by atoms with E-state index in [0.29, 0.717) is 23.0 Å². The van der Waals surface area contributed by atoms with E-state index in [1.54, 1.807) is 36.4 Å². The van der Waals surface area contributed by atoms with Crippen LogP contribution >= 0.6 is 27.5 Å². The van der Waals surface area contributed by atoms with E-state index < -0.39 is 0 Å². The van der Waals surface area contributed by atoms with E-state index in [-0.39, 0.29) is 24.1 Å². The van der Waals surface area contributed by atoms with Gasteiger partial charge in [0, 0.05) is 16.0 Å². The molecule has 0 unspecified atom stereocenters. The normalized spacial score (nSPS) is 14.2. The molecule has 7 heteroatoms. The Morgan fingerprint density at radius 1 is 1.03 bits per heavy atom. The van der Waals surface area contributed by atoms with Crippen molar-refractivity contribution in [3.05, 3.63) is 99.2 Å². The molecule has 3 aromatic carbocycles. The van der Waals surface area contributed by atoms with E-state index in [1.165, 1.54) is 4.90 Å². The van der Waals surface area contributed by atoms with Gasteiger partial charge in [0.05, 0.1) is 5.69 Å². The molecule has 0 saturated heterocycles. The van der Waals surface area contributed by atoms with Crippen molar-refractivity contribution in [2.75, 3.05) is 11.4 Å². The van der Waals surface area contributed by atoms with Crippen molar-refractivity contribution < 1.29 is 14.3 Å².